The molecule has 6 heteroatoms. The number of aryl methyl sites for hydroxylation is 1. The number of nitrogens with zero attached hydrogens (tertiary/aromatic N) is 1. The number of nitrogens with two attached hydrogens (primary N) is 1. The van der Waals surface area contributed by atoms with Crippen molar-refractivity contribution in [1.82, 2.24) is 4.98 Å². The van der Waals surface area contributed by atoms with E-state index < -0.39 is 9.84 Å². The summed E-state index contributed by atoms with van der Waals surface area (Å²) in [5.41, 5.74) is 5.29. The zero-order valence-corrected chi connectivity index (χ0v) is 8.17. The third-order valence-electron chi connectivity index (χ3n) is 1.48. The molecule has 0 spiro atoms. The van der Waals surface area contributed by atoms with Crippen LogP contribution in [0.4, 0.5) is 0 Å². The Bertz CT molecular complexity index is 369. The lowest BCUT2D eigenvalue weighted by atomic mass is 10.3. The molecule has 0 atom stereocenters. The van der Waals surface area contributed by atoms with Gasteiger partial charge in [-0.2, -0.15) is 0 Å². The molecule has 1 heterocycles. The molecule has 0 saturated carbocycles. The van der Waals surface area contributed by atoms with Crippen LogP contribution in [-0.2, 0) is 16.3 Å². The molecule has 0 radical (unpaired) electrons. The van der Waals surface area contributed by atoms with Gasteiger partial charge in [0, 0.05) is 12.7 Å². The van der Waals surface area contributed by atoms with Crippen LogP contribution in [0.5, 0.6) is 0 Å². The first kappa shape index (κ1) is 10.2. The Morgan fingerprint density at radius 3 is 2.77 bits per heavy atom. The topological polar surface area (TPSA) is 86.2 Å². The monoisotopic (exact) mass is 204 g/mol. The molecule has 0 bridgehead atoms. The summed E-state index contributed by atoms with van der Waals surface area (Å²) < 4.78 is 26.9. The minimum atomic E-state index is -3.32. The second-order valence-corrected chi connectivity index (χ2v) is 4.65. The van der Waals surface area contributed by atoms with Gasteiger partial charge in [0.25, 0.3) is 0 Å². The van der Waals surface area contributed by atoms with Crippen LogP contribution in [0.15, 0.2) is 15.8 Å². The highest BCUT2D eigenvalue weighted by molar-refractivity contribution is 7.90. The van der Waals surface area contributed by atoms with E-state index in [1.54, 1.807) is 0 Å². The quantitative estimate of drug-likeness (QED) is 0.744. The largest absolute Gasteiger partial charge is 0.433 e. The van der Waals surface area contributed by atoms with E-state index in [-0.39, 0.29) is 5.22 Å². The van der Waals surface area contributed by atoms with Crippen molar-refractivity contribution in [1.29, 1.82) is 0 Å². The van der Waals surface area contributed by atoms with E-state index in [1.807, 2.05) is 0 Å². The van der Waals surface area contributed by atoms with E-state index in [1.165, 1.54) is 6.20 Å². The summed E-state index contributed by atoms with van der Waals surface area (Å²) in [6.07, 6.45) is 3.87. The van der Waals surface area contributed by atoms with Crippen LogP contribution in [0, 0.1) is 0 Å². The van der Waals surface area contributed by atoms with Gasteiger partial charge in [-0.3, -0.25) is 0 Å². The summed E-state index contributed by atoms with van der Waals surface area (Å²) in [5.74, 6) is 0.561. The highest BCUT2D eigenvalue weighted by Crippen LogP contribution is 2.10. The molecule has 2 N–H and O–H groups in total. The molecular weight excluding hydrogens is 192 g/mol. The van der Waals surface area contributed by atoms with Gasteiger partial charge in [-0.05, 0) is 13.0 Å². The van der Waals surface area contributed by atoms with E-state index >= 15 is 0 Å². The average molecular weight is 204 g/mol. The van der Waals surface area contributed by atoms with Crippen molar-refractivity contribution in [2.24, 2.45) is 5.73 Å². The highest BCUT2D eigenvalue weighted by atomic mass is 32.2. The lowest BCUT2D eigenvalue weighted by Crippen LogP contribution is -1.99. The normalized spacial score (nSPS) is 11.8. The summed E-state index contributed by atoms with van der Waals surface area (Å²) >= 11 is 0. The van der Waals surface area contributed by atoms with Gasteiger partial charge in [-0.15, -0.1) is 0 Å². The lowest BCUT2D eigenvalue weighted by molar-refractivity contribution is 0.398. The molecule has 1 aromatic heterocycles. The number of rotatable bonds is 4. The number of oxazole rings is 1. The fraction of sp³-hybridized carbons (Fsp3) is 0.571. The minimum Gasteiger partial charge on any atom is -0.433 e. The van der Waals surface area contributed by atoms with Crippen LogP contribution in [0.25, 0.3) is 0 Å². The van der Waals surface area contributed by atoms with Crippen LogP contribution in [-0.4, -0.2) is 26.2 Å². The maximum atomic E-state index is 10.9. The van der Waals surface area contributed by atoms with Crippen molar-refractivity contribution < 1.29 is 12.8 Å². The summed E-state index contributed by atoms with van der Waals surface area (Å²) in [6, 6.07) is 0. The molecule has 5 nitrogen and oxygen atoms in total. The summed E-state index contributed by atoms with van der Waals surface area (Å²) in [5, 5.41) is -0.223. The molecule has 0 saturated heterocycles. The molecule has 74 valence electrons. The fourth-order valence-electron chi connectivity index (χ4n) is 0.853. The van der Waals surface area contributed by atoms with Gasteiger partial charge < -0.3 is 10.2 Å². The Balaban J connectivity index is 2.76. The van der Waals surface area contributed by atoms with Gasteiger partial charge >= 0.3 is 5.22 Å². The van der Waals surface area contributed by atoms with Crippen LogP contribution < -0.4 is 5.73 Å². The Morgan fingerprint density at radius 2 is 2.31 bits per heavy atom. The first-order valence-corrected chi connectivity index (χ1v) is 5.78. The Labute approximate surface area is 76.9 Å². The van der Waals surface area contributed by atoms with Gasteiger partial charge in [-0.1, -0.05) is 0 Å². The first-order chi connectivity index (χ1) is 6.04. The van der Waals surface area contributed by atoms with E-state index in [4.69, 9.17) is 10.2 Å². The van der Waals surface area contributed by atoms with E-state index in [9.17, 15) is 8.42 Å². The van der Waals surface area contributed by atoms with Crippen molar-refractivity contribution in [2.75, 3.05) is 12.8 Å². The van der Waals surface area contributed by atoms with Crippen molar-refractivity contribution >= 4 is 9.84 Å². The SMILES string of the molecule is CS(=O)(=O)c1ncc(CCCN)o1. The van der Waals surface area contributed by atoms with Crippen molar-refractivity contribution in [2.45, 2.75) is 18.1 Å². The molecule has 13 heavy (non-hydrogen) atoms. The second kappa shape index (κ2) is 3.89. The Hall–Kier alpha value is -0.880. The molecule has 1 aromatic rings. The van der Waals surface area contributed by atoms with Gasteiger partial charge in [0.15, 0.2) is 0 Å². The molecular formula is C7H12N2O3S. The Morgan fingerprint density at radius 1 is 1.62 bits per heavy atom. The van der Waals surface area contributed by atoms with Crippen molar-refractivity contribution in [3.8, 4) is 0 Å². The van der Waals surface area contributed by atoms with Crippen molar-refractivity contribution in [3.05, 3.63) is 12.0 Å². The van der Waals surface area contributed by atoms with E-state index in [2.05, 4.69) is 4.98 Å². The molecule has 0 aliphatic heterocycles. The average Bonchev–Trinajstić information content (AvgIpc) is 2.47. The van der Waals surface area contributed by atoms with Crippen molar-refractivity contribution in [3.63, 3.8) is 0 Å². The molecule has 0 amide bonds. The van der Waals surface area contributed by atoms with Crippen LogP contribution in [0.3, 0.4) is 0 Å². The maximum absolute atomic E-state index is 10.9. The highest BCUT2D eigenvalue weighted by Gasteiger charge is 2.14. The van der Waals surface area contributed by atoms with Gasteiger partial charge in [-0.25, -0.2) is 13.4 Å². The molecule has 0 fully saturated rings. The van der Waals surface area contributed by atoms with Crippen LogP contribution in [0.1, 0.15) is 12.2 Å². The molecule has 1 rings (SSSR count). The fourth-order valence-corrected chi connectivity index (χ4v) is 1.36. The summed E-state index contributed by atoms with van der Waals surface area (Å²) in [4.78, 5) is 3.64. The molecule has 0 aliphatic rings. The Kier molecular flexibility index (Phi) is 3.05. The van der Waals surface area contributed by atoms with E-state index in [0.29, 0.717) is 18.7 Å². The number of sulfone groups is 1. The number of hydrogen-bond acceptors (Lipinski definition) is 5. The molecule has 0 aromatic carbocycles. The first-order valence-electron chi connectivity index (χ1n) is 3.89. The summed E-state index contributed by atoms with van der Waals surface area (Å²) in [6.45, 7) is 0.551. The smallest absolute Gasteiger partial charge is 0.314 e. The summed E-state index contributed by atoms with van der Waals surface area (Å²) in [7, 11) is -3.32. The van der Waals surface area contributed by atoms with Gasteiger partial charge in [0.1, 0.15) is 5.76 Å². The van der Waals surface area contributed by atoms with Gasteiger partial charge in [0.05, 0.1) is 6.20 Å². The zero-order chi connectivity index (χ0) is 9.90. The van der Waals surface area contributed by atoms with Crippen LogP contribution >= 0.6 is 0 Å². The number of hydrogen-bond donors (Lipinski definition) is 1. The third-order valence-corrected chi connectivity index (χ3v) is 2.30. The molecule has 0 aliphatic carbocycles. The molecule has 0 unspecified atom stereocenters. The predicted molar refractivity (Wildman–Crippen MR) is 47.0 cm³/mol. The van der Waals surface area contributed by atoms with Gasteiger partial charge in [0.2, 0.25) is 9.84 Å². The standard InChI is InChI=1S/C7H12N2O3S/c1-13(10,11)7-9-5-6(12-7)3-2-4-8/h5H,2-4,8H2,1H3. The minimum absolute atomic E-state index is 0.223. The predicted octanol–water partition coefficient (Wildman–Crippen LogP) is -0.0306. The zero-order valence-electron chi connectivity index (χ0n) is 7.36. The van der Waals surface area contributed by atoms with E-state index in [0.717, 1.165) is 12.7 Å². The number of aromatic nitrogens is 1. The second-order valence-electron chi connectivity index (χ2n) is 2.76. The van der Waals surface area contributed by atoms with Crippen LogP contribution in [0.2, 0.25) is 0 Å². The maximum Gasteiger partial charge on any atom is 0.314 e. The lowest BCUT2D eigenvalue weighted by Gasteiger charge is -1.91. The third kappa shape index (κ3) is 2.82.